The molecule has 0 aliphatic rings. The summed E-state index contributed by atoms with van der Waals surface area (Å²) < 4.78 is 5.33. The lowest BCUT2D eigenvalue weighted by atomic mass is 9.94. The Morgan fingerprint density at radius 1 is 0.821 bits per heavy atom. The molecule has 0 aliphatic carbocycles. The molecule has 6 atom stereocenters. The number of aliphatic hydroxyl groups excluding tert-OH is 1. The molecular formula is C31H43N3O5. The molecule has 8 heteroatoms. The van der Waals surface area contributed by atoms with Crippen molar-refractivity contribution >= 4 is 17.9 Å². The minimum Gasteiger partial charge on any atom is -0.445 e. The summed E-state index contributed by atoms with van der Waals surface area (Å²) in [5.41, 5.74) is 1.78. The summed E-state index contributed by atoms with van der Waals surface area (Å²) >= 11 is 0. The smallest absolute Gasteiger partial charge is 0.408 e. The molecule has 0 bridgehead atoms. The van der Waals surface area contributed by atoms with Crippen molar-refractivity contribution in [3.05, 3.63) is 84.4 Å². The average molecular weight is 538 g/mol. The van der Waals surface area contributed by atoms with Gasteiger partial charge in [-0.25, -0.2) is 4.79 Å². The zero-order valence-corrected chi connectivity index (χ0v) is 23.4. The van der Waals surface area contributed by atoms with Gasteiger partial charge in [0.15, 0.2) is 0 Å². The molecule has 0 aromatic heterocycles. The average Bonchev–Trinajstić information content (AvgIpc) is 2.96. The van der Waals surface area contributed by atoms with Crippen LogP contribution in [0.3, 0.4) is 0 Å². The number of hydrogen-bond donors (Lipinski definition) is 4. The summed E-state index contributed by atoms with van der Waals surface area (Å²) in [5, 5.41) is 19.0. The van der Waals surface area contributed by atoms with Crippen LogP contribution in [0.1, 0.15) is 51.7 Å². The number of amides is 3. The second kappa shape index (κ2) is 16.3. The van der Waals surface area contributed by atoms with Crippen molar-refractivity contribution in [3.8, 4) is 0 Å². The van der Waals surface area contributed by atoms with Crippen molar-refractivity contribution in [2.24, 2.45) is 11.8 Å². The van der Waals surface area contributed by atoms with E-state index in [1.807, 2.05) is 88.4 Å². The lowest BCUT2D eigenvalue weighted by Crippen LogP contribution is -2.59. The fourth-order valence-corrected chi connectivity index (χ4v) is 4.10. The molecule has 0 spiro atoms. The van der Waals surface area contributed by atoms with Gasteiger partial charge in [-0.2, -0.15) is 0 Å². The second-order valence-electron chi connectivity index (χ2n) is 9.97. The number of aliphatic hydroxyl groups is 1. The second-order valence-corrected chi connectivity index (χ2v) is 9.97. The fourth-order valence-electron chi connectivity index (χ4n) is 4.10. The number of nitrogens with one attached hydrogen (secondary N) is 3. The van der Waals surface area contributed by atoms with Gasteiger partial charge < -0.3 is 25.8 Å². The number of ether oxygens (including phenoxy) is 1. The number of hydrogen-bond acceptors (Lipinski definition) is 5. The predicted molar refractivity (Wildman–Crippen MR) is 153 cm³/mol. The van der Waals surface area contributed by atoms with Crippen molar-refractivity contribution in [1.82, 2.24) is 16.0 Å². The summed E-state index contributed by atoms with van der Waals surface area (Å²) in [6.07, 6.45) is 1.35. The molecule has 2 aromatic carbocycles. The van der Waals surface area contributed by atoms with Crippen LogP contribution in [0.15, 0.2) is 73.3 Å². The third kappa shape index (κ3) is 10.2. The van der Waals surface area contributed by atoms with E-state index >= 15 is 0 Å². The van der Waals surface area contributed by atoms with E-state index in [4.69, 9.17) is 4.74 Å². The van der Waals surface area contributed by atoms with E-state index in [-0.39, 0.29) is 18.4 Å². The lowest BCUT2D eigenvalue weighted by Gasteiger charge is -2.30. The molecule has 8 nitrogen and oxygen atoms in total. The summed E-state index contributed by atoms with van der Waals surface area (Å²) in [5.74, 6) is -1.28. The molecule has 4 N–H and O–H groups in total. The minimum absolute atomic E-state index is 0.0772. The largest absolute Gasteiger partial charge is 0.445 e. The van der Waals surface area contributed by atoms with Crippen LogP contribution in [0, 0.1) is 11.8 Å². The van der Waals surface area contributed by atoms with Crippen molar-refractivity contribution in [1.29, 1.82) is 0 Å². The Morgan fingerprint density at radius 2 is 1.31 bits per heavy atom. The summed E-state index contributed by atoms with van der Waals surface area (Å²) in [6, 6.07) is 16.4. The van der Waals surface area contributed by atoms with Crippen LogP contribution in [-0.4, -0.2) is 47.2 Å². The van der Waals surface area contributed by atoms with Gasteiger partial charge in [-0.15, -0.1) is 6.58 Å². The molecule has 2 rings (SSSR count). The Bertz CT molecular complexity index is 1050. The molecule has 0 fully saturated rings. The maximum atomic E-state index is 13.5. The SMILES string of the molecule is C=CC(O)[C@H](Cc1ccccc1)NC(=O)[C@@H](NC(=O)[C@@H](NC(=O)OCc1ccccc1)[C@@H](C)CC)[C@@H](C)CC. The van der Waals surface area contributed by atoms with E-state index in [9.17, 15) is 19.5 Å². The van der Waals surface area contributed by atoms with Crippen molar-refractivity contribution in [3.63, 3.8) is 0 Å². The van der Waals surface area contributed by atoms with Gasteiger partial charge in [-0.1, -0.05) is 107 Å². The van der Waals surface area contributed by atoms with Gasteiger partial charge in [0.2, 0.25) is 11.8 Å². The van der Waals surface area contributed by atoms with Crippen LogP contribution in [0.25, 0.3) is 0 Å². The first kappa shape index (κ1) is 31.6. The highest BCUT2D eigenvalue weighted by Gasteiger charge is 2.33. The molecule has 39 heavy (non-hydrogen) atoms. The van der Waals surface area contributed by atoms with Gasteiger partial charge in [0.1, 0.15) is 18.7 Å². The van der Waals surface area contributed by atoms with Crippen LogP contribution in [0.4, 0.5) is 4.79 Å². The number of rotatable bonds is 15. The van der Waals surface area contributed by atoms with Gasteiger partial charge in [0.05, 0.1) is 12.1 Å². The van der Waals surface area contributed by atoms with E-state index in [1.165, 1.54) is 6.08 Å². The molecule has 2 aromatic rings. The molecule has 0 saturated heterocycles. The zero-order valence-electron chi connectivity index (χ0n) is 23.4. The third-order valence-electron chi connectivity index (χ3n) is 7.05. The molecule has 0 aliphatic heterocycles. The first-order valence-corrected chi connectivity index (χ1v) is 13.6. The molecule has 212 valence electrons. The van der Waals surface area contributed by atoms with Crippen LogP contribution >= 0.6 is 0 Å². The van der Waals surface area contributed by atoms with Crippen molar-refractivity contribution < 1.29 is 24.2 Å². The molecular weight excluding hydrogens is 494 g/mol. The minimum atomic E-state index is -0.976. The predicted octanol–water partition coefficient (Wildman–Crippen LogP) is 4.13. The molecule has 0 radical (unpaired) electrons. The normalized spacial score (nSPS) is 15.5. The summed E-state index contributed by atoms with van der Waals surface area (Å²) in [4.78, 5) is 39.4. The highest BCUT2D eigenvalue weighted by atomic mass is 16.5. The van der Waals surface area contributed by atoms with Crippen LogP contribution in [0.5, 0.6) is 0 Å². The van der Waals surface area contributed by atoms with E-state index in [1.54, 1.807) is 0 Å². The van der Waals surface area contributed by atoms with Gasteiger partial charge >= 0.3 is 6.09 Å². The third-order valence-corrected chi connectivity index (χ3v) is 7.05. The molecule has 0 heterocycles. The maximum Gasteiger partial charge on any atom is 0.408 e. The highest BCUT2D eigenvalue weighted by molar-refractivity contribution is 5.91. The van der Waals surface area contributed by atoms with E-state index < -0.39 is 42.1 Å². The van der Waals surface area contributed by atoms with Crippen molar-refractivity contribution in [2.75, 3.05) is 0 Å². The Hall–Kier alpha value is -3.65. The van der Waals surface area contributed by atoms with E-state index in [0.717, 1.165) is 11.1 Å². The standard InChI is InChI=1S/C31H43N3O5/c1-6-21(4)27(29(36)32-25(26(35)8-3)19-23-15-11-9-12-16-23)33-30(37)28(22(5)7-2)34-31(38)39-20-24-17-13-10-14-18-24/h8-18,21-22,25-28,35H,3,6-7,19-20H2,1-2,4-5H3,(H,32,36)(H,33,37)(H,34,38)/t21-,22-,25-,26?,27-,28-/m0/s1. The fraction of sp³-hybridized carbons (Fsp3) is 0.452. The van der Waals surface area contributed by atoms with Crippen LogP contribution in [-0.2, 0) is 27.4 Å². The van der Waals surface area contributed by atoms with Gasteiger partial charge in [0.25, 0.3) is 0 Å². The number of alkyl carbamates (subject to hydrolysis) is 1. The maximum absolute atomic E-state index is 13.5. The Labute approximate surface area is 232 Å². The topological polar surface area (TPSA) is 117 Å². The highest BCUT2D eigenvalue weighted by Crippen LogP contribution is 2.14. The lowest BCUT2D eigenvalue weighted by molar-refractivity contribution is -0.132. The van der Waals surface area contributed by atoms with E-state index in [0.29, 0.717) is 19.3 Å². The van der Waals surface area contributed by atoms with Crippen LogP contribution in [0.2, 0.25) is 0 Å². The van der Waals surface area contributed by atoms with Crippen molar-refractivity contribution in [2.45, 2.75) is 77.8 Å². The van der Waals surface area contributed by atoms with Gasteiger partial charge in [0, 0.05) is 0 Å². The molecule has 1 unspecified atom stereocenters. The quantitative estimate of drug-likeness (QED) is 0.255. The van der Waals surface area contributed by atoms with Gasteiger partial charge in [-0.05, 0) is 29.4 Å². The number of carbonyl (C=O) groups is 3. The van der Waals surface area contributed by atoms with Crippen LogP contribution < -0.4 is 16.0 Å². The monoisotopic (exact) mass is 537 g/mol. The number of carbonyl (C=O) groups excluding carboxylic acids is 3. The Balaban J connectivity index is 2.13. The van der Waals surface area contributed by atoms with Gasteiger partial charge in [-0.3, -0.25) is 9.59 Å². The van der Waals surface area contributed by atoms with E-state index in [2.05, 4.69) is 22.5 Å². The first-order valence-electron chi connectivity index (χ1n) is 13.6. The molecule has 3 amide bonds. The zero-order chi connectivity index (χ0) is 28.8. The summed E-state index contributed by atoms with van der Waals surface area (Å²) in [6.45, 7) is 11.3. The number of benzene rings is 2. The Morgan fingerprint density at radius 3 is 1.82 bits per heavy atom. The first-order chi connectivity index (χ1) is 18.7. The Kier molecular flexibility index (Phi) is 13.2. The summed E-state index contributed by atoms with van der Waals surface area (Å²) in [7, 11) is 0. The molecule has 0 saturated carbocycles.